The van der Waals surface area contributed by atoms with Gasteiger partial charge in [0, 0.05) is 22.0 Å². The number of aromatic nitrogens is 1. The Morgan fingerprint density at radius 1 is 1.16 bits per heavy atom. The van der Waals surface area contributed by atoms with Crippen LogP contribution < -0.4 is 4.90 Å². The second kappa shape index (κ2) is 3.90. The summed E-state index contributed by atoms with van der Waals surface area (Å²) in [7, 11) is 0. The molecular weight excluding hydrogens is 256 g/mol. The van der Waals surface area contributed by atoms with Crippen molar-refractivity contribution in [1.82, 2.24) is 4.98 Å². The molecular formula is C15H10N2OS. The summed E-state index contributed by atoms with van der Waals surface area (Å²) in [6.45, 7) is 0.595. The smallest absolute Gasteiger partial charge is 0.259 e. The first-order valence-corrected chi connectivity index (χ1v) is 6.93. The number of hydrogen-bond acceptors (Lipinski definition) is 3. The molecule has 0 aliphatic carbocycles. The summed E-state index contributed by atoms with van der Waals surface area (Å²) in [6.07, 6.45) is 1.82. The molecule has 0 spiro atoms. The molecule has 0 N–H and O–H groups in total. The number of thiazole rings is 1. The van der Waals surface area contributed by atoms with E-state index in [0.717, 1.165) is 26.9 Å². The van der Waals surface area contributed by atoms with E-state index in [1.54, 1.807) is 16.8 Å². The first-order chi connectivity index (χ1) is 9.34. The summed E-state index contributed by atoms with van der Waals surface area (Å²) in [5.41, 5.74) is 3.60. The number of hydrogen-bond donors (Lipinski definition) is 0. The summed E-state index contributed by atoms with van der Waals surface area (Å²) in [5.74, 6) is 0.0835. The topological polar surface area (TPSA) is 33.2 Å². The number of carbonyl (C=O) groups is 1. The van der Waals surface area contributed by atoms with Crippen LogP contribution in [0.25, 0.3) is 10.8 Å². The second-order valence-corrected chi connectivity index (χ2v) is 5.51. The van der Waals surface area contributed by atoms with Crippen molar-refractivity contribution in [3.8, 4) is 0 Å². The van der Waals surface area contributed by atoms with Gasteiger partial charge >= 0.3 is 0 Å². The molecule has 1 amide bonds. The molecule has 0 saturated heterocycles. The molecule has 1 aliphatic rings. The molecule has 2 heterocycles. The number of nitrogens with zero attached hydrogens (tertiary/aromatic N) is 2. The predicted molar refractivity (Wildman–Crippen MR) is 76.6 cm³/mol. The molecule has 2 aromatic carbocycles. The SMILES string of the molecule is O=C1c2cccc3cccc(c23)N1Cc1cncs1. The van der Waals surface area contributed by atoms with Gasteiger partial charge in [0.1, 0.15) is 0 Å². The Kier molecular flexibility index (Phi) is 2.19. The van der Waals surface area contributed by atoms with Crippen LogP contribution in [0.15, 0.2) is 48.1 Å². The van der Waals surface area contributed by atoms with Gasteiger partial charge in [0.05, 0.1) is 17.7 Å². The Morgan fingerprint density at radius 2 is 2.00 bits per heavy atom. The standard InChI is InChI=1S/C15H10N2OS/c18-15-12-5-1-3-10-4-2-6-13(14(10)12)17(15)8-11-7-16-9-19-11/h1-7,9H,8H2. The van der Waals surface area contributed by atoms with E-state index in [2.05, 4.69) is 4.98 Å². The molecule has 1 aliphatic heterocycles. The molecule has 0 radical (unpaired) electrons. The van der Waals surface area contributed by atoms with E-state index < -0.39 is 0 Å². The van der Waals surface area contributed by atoms with Crippen molar-refractivity contribution in [1.29, 1.82) is 0 Å². The van der Waals surface area contributed by atoms with E-state index >= 15 is 0 Å². The molecule has 3 aromatic rings. The molecule has 0 atom stereocenters. The second-order valence-electron chi connectivity index (χ2n) is 4.54. The molecule has 0 unspecified atom stereocenters. The average Bonchev–Trinajstić information content (AvgIpc) is 3.04. The molecule has 4 heteroatoms. The Bertz CT molecular complexity index is 775. The van der Waals surface area contributed by atoms with Crippen molar-refractivity contribution < 1.29 is 4.79 Å². The monoisotopic (exact) mass is 266 g/mol. The fourth-order valence-electron chi connectivity index (χ4n) is 2.61. The Balaban J connectivity index is 1.89. The lowest BCUT2D eigenvalue weighted by Gasteiger charge is -2.16. The first kappa shape index (κ1) is 10.7. The third-order valence-corrected chi connectivity index (χ3v) is 4.21. The molecule has 3 nitrogen and oxygen atoms in total. The zero-order valence-corrected chi connectivity index (χ0v) is 10.9. The molecule has 0 fully saturated rings. The van der Waals surface area contributed by atoms with Gasteiger partial charge in [0.15, 0.2) is 0 Å². The Hall–Kier alpha value is -2.20. The maximum absolute atomic E-state index is 12.5. The third-order valence-electron chi connectivity index (χ3n) is 3.45. The minimum Gasteiger partial charge on any atom is -0.302 e. The summed E-state index contributed by atoms with van der Waals surface area (Å²) in [5, 5.41) is 2.19. The Morgan fingerprint density at radius 3 is 2.79 bits per heavy atom. The summed E-state index contributed by atoms with van der Waals surface area (Å²) < 4.78 is 0. The molecule has 1 aromatic heterocycles. The third kappa shape index (κ3) is 1.50. The van der Waals surface area contributed by atoms with Crippen LogP contribution in [0.1, 0.15) is 15.2 Å². The molecule has 4 rings (SSSR count). The fraction of sp³-hybridized carbons (Fsp3) is 0.0667. The average molecular weight is 266 g/mol. The Labute approximate surface area is 114 Å². The van der Waals surface area contributed by atoms with Crippen LogP contribution in [-0.2, 0) is 6.54 Å². The highest BCUT2D eigenvalue weighted by atomic mass is 32.1. The van der Waals surface area contributed by atoms with Gasteiger partial charge in [-0.15, -0.1) is 11.3 Å². The van der Waals surface area contributed by atoms with Crippen LogP contribution in [0.5, 0.6) is 0 Å². The van der Waals surface area contributed by atoms with Crippen LogP contribution in [0.2, 0.25) is 0 Å². The minimum absolute atomic E-state index is 0.0835. The van der Waals surface area contributed by atoms with Crippen LogP contribution in [-0.4, -0.2) is 10.9 Å². The van der Waals surface area contributed by atoms with E-state index in [1.165, 1.54) is 0 Å². The van der Waals surface area contributed by atoms with Crippen molar-refractivity contribution in [2.45, 2.75) is 6.54 Å². The number of benzene rings is 2. The minimum atomic E-state index is 0.0835. The van der Waals surface area contributed by atoms with Crippen LogP contribution in [0.3, 0.4) is 0 Å². The largest absolute Gasteiger partial charge is 0.302 e. The van der Waals surface area contributed by atoms with E-state index in [4.69, 9.17) is 0 Å². The van der Waals surface area contributed by atoms with Gasteiger partial charge in [-0.3, -0.25) is 9.78 Å². The van der Waals surface area contributed by atoms with E-state index in [1.807, 2.05) is 47.5 Å². The van der Waals surface area contributed by atoms with Crippen molar-refractivity contribution >= 4 is 33.7 Å². The highest BCUT2D eigenvalue weighted by Crippen LogP contribution is 2.38. The normalized spacial score (nSPS) is 13.5. The van der Waals surface area contributed by atoms with Crippen molar-refractivity contribution in [2.24, 2.45) is 0 Å². The van der Waals surface area contributed by atoms with Crippen molar-refractivity contribution in [3.63, 3.8) is 0 Å². The van der Waals surface area contributed by atoms with Crippen LogP contribution in [0.4, 0.5) is 5.69 Å². The highest BCUT2D eigenvalue weighted by Gasteiger charge is 2.29. The van der Waals surface area contributed by atoms with Crippen LogP contribution in [0, 0.1) is 0 Å². The molecule has 0 saturated carbocycles. The zero-order chi connectivity index (χ0) is 12.8. The predicted octanol–water partition coefficient (Wildman–Crippen LogP) is 3.46. The van der Waals surface area contributed by atoms with Gasteiger partial charge in [-0.25, -0.2) is 0 Å². The van der Waals surface area contributed by atoms with E-state index in [-0.39, 0.29) is 5.91 Å². The lowest BCUT2D eigenvalue weighted by atomic mass is 10.1. The maximum Gasteiger partial charge on any atom is 0.259 e. The lowest BCUT2D eigenvalue weighted by molar-refractivity contribution is 0.0991. The molecule has 19 heavy (non-hydrogen) atoms. The quantitative estimate of drug-likeness (QED) is 0.711. The van der Waals surface area contributed by atoms with E-state index in [9.17, 15) is 4.79 Å². The molecule has 92 valence electrons. The number of anilines is 1. The van der Waals surface area contributed by atoms with Gasteiger partial charge in [-0.05, 0) is 17.5 Å². The maximum atomic E-state index is 12.5. The highest BCUT2D eigenvalue weighted by molar-refractivity contribution is 7.09. The van der Waals surface area contributed by atoms with Gasteiger partial charge in [0.25, 0.3) is 5.91 Å². The van der Waals surface area contributed by atoms with Gasteiger partial charge in [-0.1, -0.05) is 24.3 Å². The van der Waals surface area contributed by atoms with Crippen molar-refractivity contribution in [2.75, 3.05) is 4.90 Å². The first-order valence-electron chi connectivity index (χ1n) is 6.05. The van der Waals surface area contributed by atoms with Gasteiger partial charge in [-0.2, -0.15) is 0 Å². The van der Waals surface area contributed by atoms with E-state index in [0.29, 0.717) is 6.54 Å². The number of carbonyl (C=O) groups excluding carboxylic acids is 1. The summed E-state index contributed by atoms with van der Waals surface area (Å²) in [4.78, 5) is 19.5. The molecule has 0 bridgehead atoms. The van der Waals surface area contributed by atoms with Crippen LogP contribution >= 0.6 is 11.3 Å². The van der Waals surface area contributed by atoms with Crippen molar-refractivity contribution in [3.05, 3.63) is 58.5 Å². The lowest BCUT2D eigenvalue weighted by Crippen LogP contribution is -2.25. The summed E-state index contributed by atoms with van der Waals surface area (Å²) in [6, 6.07) is 11.9. The van der Waals surface area contributed by atoms with Gasteiger partial charge < -0.3 is 4.90 Å². The van der Waals surface area contributed by atoms with Gasteiger partial charge in [0.2, 0.25) is 0 Å². The summed E-state index contributed by atoms with van der Waals surface area (Å²) >= 11 is 1.58. The zero-order valence-electron chi connectivity index (χ0n) is 10.0. The number of amides is 1. The fourth-order valence-corrected chi connectivity index (χ4v) is 3.19. The number of rotatable bonds is 2.